The van der Waals surface area contributed by atoms with Gasteiger partial charge >= 0.3 is 0 Å². The van der Waals surface area contributed by atoms with E-state index in [-0.39, 0.29) is 24.4 Å². The lowest BCUT2D eigenvalue weighted by atomic mass is 10.1. The van der Waals surface area contributed by atoms with Gasteiger partial charge in [0, 0.05) is 12.4 Å². The predicted octanol–water partition coefficient (Wildman–Crippen LogP) is -0.297. The van der Waals surface area contributed by atoms with Crippen molar-refractivity contribution in [2.75, 3.05) is 12.0 Å². The fourth-order valence-corrected chi connectivity index (χ4v) is 1.08. The van der Waals surface area contributed by atoms with Crippen LogP contribution in [0.5, 0.6) is 0 Å². The molecule has 82 valence electrons. The number of carbonyl (C=O) groups is 1. The minimum absolute atomic E-state index is 0. The van der Waals surface area contributed by atoms with E-state index in [0.717, 1.165) is 13.0 Å². The number of nitrogens with one attached hydrogen (secondary N) is 3. The summed E-state index contributed by atoms with van der Waals surface area (Å²) in [7, 11) is 0. The van der Waals surface area contributed by atoms with E-state index in [9.17, 15) is 4.79 Å². The molecule has 1 aromatic heterocycles. The standard InChI is InChI=1S/C8H11N5O.ClH/c14-7(6-2-5-9-6)12-13-8-10-3-1-4-11-8;/h1,3-4,6,9H,2,5H2,(H,12,14)(H,10,11,13);1H/t6-;/m1./s1. The highest BCUT2D eigenvalue weighted by Gasteiger charge is 2.24. The highest BCUT2D eigenvalue weighted by molar-refractivity contribution is 5.85. The van der Waals surface area contributed by atoms with E-state index >= 15 is 0 Å². The third kappa shape index (κ3) is 3.03. The zero-order valence-electron chi connectivity index (χ0n) is 7.93. The van der Waals surface area contributed by atoms with Gasteiger partial charge in [-0.05, 0) is 19.0 Å². The van der Waals surface area contributed by atoms with Crippen LogP contribution in [0, 0.1) is 0 Å². The second kappa shape index (κ2) is 5.47. The van der Waals surface area contributed by atoms with Gasteiger partial charge in [-0.15, -0.1) is 12.4 Å². The summed E-state index contributed by atoms with van der Waals surface area (Å²) in [5.74, 6) is 0.309. The second-order valence-corrected chi connectivity index (χ2v) is 2.98. The van der Waals surface area contributed by atoms with Crippen LogP contribution in [0.25, 0.3) is 0 Å². The van der Waals surface area contributed by atoms with E-state index in [0.29, 0.717) is 5.95 Å². The highest BCUT2D eigenvalue weighted by atomic mass is 35.5. The molecule has 0 bridgehead atoms. The summed E-state index contributed by atoms with van der Waals surface area (Å²) < 4.78 is 0. The molecule has 7 heteroatoms. The molecule has 2 heterocycles. The first-order valence-corrected chi connectivity index (χ1v) is 4.42. The smallest absolute Gasteiger partial charge is 0.255 e. The number of hydrogen-bond acceptors (Lipinski definition) is 5. The Hall–Kier alpha value is -1.40. The number of hydrogen-bond donors (Lipinski definition) is 3. The number of halogens is 1. The SMILES string of the molecule is Cl.O=C(NNc1ncccn1)[C@H]1CCN1. The molecule has 15 heavy (non-hydrogen) atoms. The Bertz CT molecular complexity index is 316. The van der Waals surface area contributed by atoms with Crippen molar-refractivity contribution in [3.8, 4) is 0 Å². The Morgan fingerprint density at radius 3 is 2.67 bits per heavy atom. The third-order valence-corrected chi connectivity index (χ3v) is 2.00. The molecular weight excluding hydrogens is 218 g/mol. The van der Waals surface area contributed by atoms with Crippen LogP contribution in [-0.4, -0.2) is 28.5 Å². The number of hydrazine groups is 1. The fourth-order valence-electron chi connectivity index (χ4n) is 1.08. The molecule has 0 saturated carbocycles. The summed E-state index contributed by atoms with van der Waals surface area (Å²) in [4.78, 5) is 19.1. The van der Waals surface area contributed by atoms with Gasteiger partial charge in [-0.3, -0.25) is 15.6 Å². The monoisotopic (exact) mass is 229 g/mol. The van der Waals surface area contributed by atoms with Crippen LogP contribution in [-0.2, 0) is 4.79 Å². The Kier molecular flexibility index (Phi) is 4.26. The number of amides is 1. The topological polar surface area (TPSA) is 78.9 Å². The quantitative estimate of drug-likeness (QED) is 0.621. The first-order chi connectivity index (χ1) is 6.86. The molecule has 0 aliphatic carbocycles. The largest absolute Gasteiger partial charge is 0.306 e. The Morgan fingerprint density at radius 2 is 2.13 bits per heavy atom. The van der Waals surface area contributed by atoms with Gasteiger partial charge in [0.1, 0.15) is 0 Å². The minimum Gasteiger partial charge on any atom is -0.306 e. The first kappa shape index (κ1) is 11.7. The molecule has 1 aliphatic rings. The molecule has 0 spiro atoms. The van der Waals surface area contributed by atoms with Gasteiger partial charge in [-0.1, -0.05) is 0 Å². The molecule has 0 radical (unpaired) electrons. The molecule has 1 atom stereocenters. The van der Waals surface area contributed by atoms with Crippen molar-refractivity contribution in [1.82, 2.24) is 20.7 Å². The van der Waals surface area contributed by atoms with Crippen LogP contribution in [0.3, 0.4) is 0 Å². The zero-order valence-corrected chi connectivity index (χ0v) is 8.75. The summed E-state index contributed by atoms with van der Waals surface area (Å²) in [6, 6.07) is 1.63. The number of nitrogens with zero attached hydrogens (tertiary/aromatic N) is 2. The van der Waals surface area contributed by atoms with Crippen LogP contribution >= 0.6 is 12.4 Å². The van der Waals surface area contributed by atoms with Crippen LogP contribution in [0.1, 0.15) is 6.42 Å². The van der Waals surface area contributed by atoms with Crippen molar-refractivity contribution in [3.05, 3.63) is 18.5 Å². The van der Waals surface area contributed by atoms with Gasteiger partial charge in [0.25, 0.3) is 5.91 Å². The minimum atomic E-state index is -0.0799. The number of anilines is 1. The predicted molar refractivity (Wildman–Crippen MR) is 57.5 cm³/mol. The Labute approximate surface area is 93.3 Å². The lowest BCUT2D eigenvalue weighted by Crippen LogP contribution is -2.54. The molecule has 1 aromatic rings. The maximum atomic E-state index is 11.3. The summed E-state index contributed by atoms with van der Waals surface area (Å²) in [5, 5.41) is 2.99. The van der Waals surface area contributed by atoms with Gasteiger partial charge in [0.15, 0.2) is 0 Å². The third-order valence-electron chi connectivity index (χ3n) is 2.00. The average Bonchev–Trinajstić information content (AvgIpc) is 2.14. The van der Waals surface area contributed by atoms with Crippen molar-refractivity contribution in [2.24, 2.45) is 0 Å². The second-order valence-electron chi connectivity index (χ2n) is 2.98. The lowest BCUT2D eigenvalue weighted by molar-refractivity contribution is -0.124. The molecule has 2 rings (SSSR count). The summed E-state index contributed by atoms with van der Waals surface area (Å²) in [6.07, 6.45) is 4.08. The fraction of sp³-hybridized carbons (Fsp3) is 0.375. The van der Waals surface area contributed by atoms with Crippen molar-refractivity contribution >= 4 is 24.3 Å². The molecule has 1 aliphatic heterocycles. The summed E-state index contributed by atoms with van der Waals surface area (Å²) in [5.41, 5.74) is 5.16. The Morgan fingerprint density at radius 1 is 1.47 bits per heavy atom. The van der Waals surface area contributed by atoms with Crippen molar-refractivity contribution in [1.29, 1.82) is 0 Å². The number of rotatable bonds is 3. The number of aromatic nitrogens is 2. The van der Waals surface area contributed by atoms with Gasteiger partial charge in [-0.2, -0.15) is 0 Å². The Balaban J connectivity index is 0.00000112. The van der Waals surface area contributed by atoms with E-state index in [4.69, 9.17) is 0 Å². The normalized spacial score (nSPS) is 18.3. The van der Waals surface area contributed by atoms with E-state index in [1.807, 2.05) is 0 Å². The highest BCUT2D eigenvalue weighted by Crippen LogP contribution is 2.01. The molecule has 1 amide bonds. The van der Waals surface area contributed by atoms with Gasteiger partial charge in [-0.25, -0.2) is 9.97 Å². The van der Waals surface area contributed by atoms with Gasteiger partial charge < -0.3 is 5.32 Å². The molecule has 3 N–H and O–H groups in total. The van der Waals surface area contributed by atoms with Crippen molar-refractivity contribution < 1.29 is 4.79 Å². The van der Waals surface area contributed by atoms with Crippen molar-refractivity contribution in [2.45, 2.75) is 12.5 Å². The molecule has 0 unspecified atom stereocenters. The molecule has 1 fully saturated rings. The van der Waals surface area contributed by atoms with E-state index < -0.39 is 0 Å². The van der Waals surface area contributed by atoms with Crippen LogP contribution < -0.4 is 16.2 Å². The summed E-state index contributed by atoms with van der Waals surface area (Å²) in [6.45, 7) is 0.903. The van der Waals surface area contributed by atoms with Crippen LogP contribution in [0.15, 0.2) is 18.5 Å². The maximum absolute atomic E-state index is 11.3. The average molecular weight is 230 g/mol. The lowest BCUT2D eigenvalue weighted by Gasteiger charge is -2.26. The van der Waals surface area contributed by atoms with Crippen LogP contribution in [0.2, 0.25) is 0 Å². The zero-order chi connectivity index (χ0) is 9.80. The maximum Gasteiger partial charge on any atom is 0.255 e. The number of carbonyl (C=O) groups excluding carboxylic acids is 1. The van der Waals surface area contributed by atoms with Crippen LogP contribution in [0.4, 0.5) is 5.95 Å². The van der Waals surface area contributed by atoms with Gasteiger partial charge in [0.05, 0.1) is 6.04 Å². The van der Waals surface area contributed by atoms with E-state index in [1.165, 1.54) is 0 Å². The molecule has 1 saturated heterocycles. The van der Waals surface area contributed by atoms with Gasteiger partial charge in [0.2, 0.25) is 5.95 Å². The van der Waals surface area contributed by atoms with E-state index in [1.54, 1.807) is 18.5 Å². The first-order valence-electron chi connectivity index (χ1n) is 4.42. The summed E-state index contributed by atoms with van der Waals surface area (Å²) >= 11 is 0. The van der Waals surface area contributed by atoms with E-state index in [2.05, 4.69) is 26.1 Å². The molecular formula is C8H12ClN5O. The molecule has 0 aromatic carbocycles. The van der Waals surface area contributed by atoms with Crippen molar-refractivity contribution in [3.63, 3.8) is 0 Å². The molecule has 6 nitrogen and oxygen atoms in total.